The minimum Gasteiger partial charge on any atom is -0.208 e. The molecule has 0 saturated heterocycles. The Morgan fingerprint density at radius 1 is 0.296 bits per heavy atom. The zero-order chi connectivity index (χ0) is 41.9. The molecule has 10 aromatic rings. The maximum absolute atomic E-state index is 9.00. The van der Waals surface area contributed by atoms with Crippen LogP contribution >= 0.6 is 0 Å². The van der Waals surface area contributed by atoms with Crippen LogP contribution in [0.5, 0.6) is 0 Å². The highest BCUT2D eigenvalue weighted by atomic mass is 15.0. The third kappa shape index (κ3) is 5.78. The van der Waals surface area contributed by atoms with E-state index in [1.807, 2.05) is 66.7 Å². The van der Waals surface area contributed by atoms with Crippen LogP contribution in [-0.2, 0) is 0 Å². The molecule has 0 atom stereocenters. The predicted octanol–water partition coefficient (Wildman–Crippen LogP) is 13.3. The molecule has 54 heavy (non-hydrogen) atoms. The summed E-state index contributed by atoms with van der Waals surface area (Å²) in [6, 6.07) is 49.5. The molecular formula is C51H33N3. The number of benzene rings is 9. The highest BCUT2D eigenvalue weighted by Crippen LogP contribution is 2.37. The minimum atomic E-state index is -0.497. The van der Waals surface area contributed by atoms with Crippen molar-refractivity contribution in [3.8, 4) is 67.5 Å². The van der Waals surface area contributed by atoms with Crippen molar-refractivity contribution in [1.29, 1.82) is 0 Å². The van der Waals surface area contributed by atoms with Crippen molar-refractivity contribution in [3.63, 3.8) is 0 Å². The molecule has 252 valence electrons. The van der Waals surface area contributed by atoms with E-state index in [1.54, 1.807) is 18.2 Å². The van der Waals surface area contributed by atoms with Gasteiger partial charge < -0.3 is 0 Å². The number of nitrogens with zero attached hydrogens (tertiary/aromatic N) is 3. The molecule has 0 spiro atoms. The van der Waals surface area contributed by atoms with Crippen LogP contribution in [0.2, 0.25) is 0 Å². The molecule has 10 rings (SSSR count). The largest absolute Gasteiger partial charge is 0.208 e. The van der Waals surface area contributed by atoms with Crippen LogP contribution in [0.25, 0.3) is 99.9 Å². The van der Waals surface area contributed by atoms with Gasteiger partial charge in [0.15, 0.2) is 17.5 Å². The van der Waals surface area contributed by atoms with Gasteiger partial charge in [-0.2, -0.15) is 0 Å². The Balaban J connectivity index is 1.18. The van der Waals surface area contributed by atoms with E-state index in [9.17, 15) is 0 Å². The van der Waals surface area contributed by atoms with Gasteiger partial charge in [0.2, 0.25) is 0 Å². The van der Waals surface area contributed by atoms with E-state index < -0.39 is 30.2 Å². The lowest BCUT2D eigenvalue weighted by atomic mass is 9.95. The van der Waals surface area contributed by atoms with Crippen molar-refractivity contribution >= 4 is 32.3 Å². The SMILES string of the molecule is [2H]c1c([2H])c([2H])c2c(-c3cccc(-c4nc(-c5ccc6cc(-c7ccccc7)ccc6c5)nc(-c5cccc6c(-c7ccccc7)cccc56)n4)c3)c([2H])c([2H])c([2H])c2c1[2H]. The van der Waals surface area contributed by atoms with Gasteiger partial charge in [0.05, 0.1) is 9.60 Å². The Labute approximate surface area is 323 Å². The van der Waals surface area contributed by atoms with Crippen LogP contribution in [0.3, 0.4) is 0 Å². The summed E-state index contributed by atoms with van der Waals surface area (Å²) >= 11 is 0. The molecule has 0 aliphatic heterocycles. The van der Waals surface area contributed by atoms with Crippen LogP contribution in [0, 0.1) is 0 Å². The van der Waals surface area contributed by atoms with Crippen LogP contribution in [-0.4, -0.2) is 15.0 Å². The molecule has 0 bridgehead atoms. The van der Waals surface area contributed by atoms with Crippen molar-refractivity contribution in [2.45, 2.75) is 0 Å². The highest BCUT2D eigenvalue weighted by molar-refractivity contribution is 6.04. The van der Waals surface area contributed by atoms with E-state index in [0.717, 1.165) is 54.9 Å². The monoisotopic (exact) mass is 694 g/mol. The van der Waals surface area contributed by atoms with E-state index in [-0.39, 0.29) is 28.4 Å². The van der Waals surface area contributed by atoms with Crippen LogP contribution in [0.4, 0.5) is 0 Å². The van der Waals surface area contributed by atoms with E-state index in [4.69, 9.17) is 24.5 Å². The lowest BCUT2D eigenvalue weighted by Gasteiger charge is -2.13. The molecule has 0 aliphatic carbocycles. The first-order chi connectivity index (χ1) is 29.7. The summed E-state index contributed by atoms with van der Waals surface area (Å²) in [7, 11) is 0. The van der Waals surface area contributed by atoms with Gasteiger partial charge in [0.1, 0.15) is 0 Å². The minimum absolute atomic E-state index is 0.0164. The molecule has 0 fully saturated rings. The molecule has 3 heteroatoms. The second-order valence-electron chi connectivity index (χ2n) is 13.1. The van der Waals surface area contributed by atoms with Gasteiger partial charge in [-0.3, -0.25) is 0 Å². The normalized spacial score (nSPS) is 13.1. The Hall–Kier alpha value is -7.23. The van der Waals surface area contributed by atoms with Gasteiger partial charge in [0.25, 0.3) is 0 Å². The van der Waals surface area contributed by atoms with Gasteiger partial charge >= 0.3 is 0 Å². The number of hydrogen-bond acceptors (Lipinski definition) is 3. The maximum Gasteiger partial charge on any atom is 0.164 e. The quantitative estimate of drug-likeness (QED) is 0.174. The van der Waals surface area contributed by atoms with Gasteiger partial charge in [-0.15, -0.1) is 0 Å². The second-order valence-corrected chi connectivity index (χ2v) is 13.1. The molecule has 0 aliphatic rings. The molecule has 9 aromatic carbocycles. The predicted molar refractivity (Wildman–Crippen MR) is 225 cm³/mol. The topological polar surface area (TPSA) is 38.7 Å². The zero-order valence-corrected chi connectivity index (χ0v) is 28.9. The van der Waals surface area contributed by atoms with Crippen molar-refractivity contribution in [3.05, 3.63) is 200 Å². The number of rotatable bonds is 6. The smallest absolute Gasteiger partial charge is 0.164 e. The van der Waals surface area contributed by atoms with Gasteiger partial charge in [0, 0.05) is 16.7 Å². The fourth-order valence-corrected chi connectivity index (χ4v) is 7.17. The Morgan fingerprint density at radius 3 is 1.63 bits per heavy atom. The van der Waals surface area contributed by atoms with Gasteiger partial charge in [-0.05, 0) is 83.9 Å². The van der Waals surface area contributed by atoms with Gasteiger partial charge in [-0.25, -0.2) is 15.0 Å². The van der Waals surface area contributed by atoms with Crippen molar-refractivity contribution < 1.29 is 9.60 Å². The Kier molecular flexibility index (Phi) is 6.17. The van der Waals surface area contributed by atoms with E-state index in [1.165, 1.54) is 0 Å². The third-order valence-electron chi connectivity index (χ3n) is 9.81. The first kappa shape index (κ1) is 24.9. The molecule has 3 nitrogen and oxygen atoms in total. The van der Waals surface area contributed by atoms with Crippen LogP contribution in [0.1, 0.15) is 9.60 Å². The Morgan fingerprint density at radius 2 is 0.852 bits per heavy atom. The first-order valence-corrected chi connectivity index (χ1v) is 17.7. The van der Waals surface area contributed by atoms with Crippen LogP contribution in [0.15, 0.2) is 200 Å². The summed E-state index contributed by atoms with van der Waals surface area (Å²) in [6.45, 7) is 0. The summed E-state index contributed by atoms with van der Waals surface area (Å²) in [6.07, 6.45) is 0. The number of aromatic nitrogens is 3. The van der Waals surface area contributed by atoms with Crippen molar-refractivity contribution in [2.24, 2.45) is 0 Å². The van der Waals surface area contributed by atoms with Crippen LogP contribution < -0.4 is 0 Å². The van der Waals surface area contributed by atoms with E-state index >= 15 is 0 Å². The molecule has 0 unspecified atom stereocenters. The molecule has 0 amide bonds. The summed E-state index contributed by atoms with van der Waals surface area (Å²) in [5.74, 6) is 1.25. The standard InChI is InChI=1S/C51H33N3/c1-3-13-34(14-4-1)37-27-28-39-32-42(30-29-38(39)31-37)50-52-49(41-20-9-19-40(33-41)45-22-10-18-36-17-7-8-21-43(36)45)53-51(54-50)48-26-12-24-46-44(23-11-25-47(46)48)35-15-5-2-6-16-35/h1-33H/i7D,8D,10D,17D,18D,21D,22D. The van der Waals surface area contributed by atoms with Crippen molar-refractivity contribution in [2.75, 3.05) is 0 Å². The molecule has 0 saturated carbocycles. The number of fused-ring (bicyclic) bond motifs is 3. The van der Waals surface area contributed by atoms with Gasteiger partial charge in [-0.1, -0.05) is 182 Å². The Bertz CT molecular complexity index is 3390. The lowest BCUT2D eigenvalue weighted by molar-refractivity contribution is 1.08. The zero-order valence-electron chi connectivity index (χ0n) is 35.9. The average molecular weight is 695 g/mol. The summed E-state index contributed by atoms with van der Waals surface area (Å²) in [5.41, 5.74) is 7.13. The first-order valence-electron chi connectivity index (χ1n) is 21.2. The molecule has 1 heterocycles. The summed E-state index contributed by atoms with van der Waals surface area (Å²) < 4.78 is 60.4. The van der Waals surface area contributed by atoms with E-state index in [2.05, 4.69) is 72.8 Å². The summed E-state index contributed by atoms with van der Waals surface area (Å²) in [5, 5.41) is 4.01. The third-order valence-corrected chi connectivity index (χ3v) is 9.81. The fourth-order valence-electron chi connectivity index (χ4n) is 7.17. The summed E-state index contributed by atoms with van der Waals surface area (Å²) in [4.78, 5) is 15.3. The maximum atomic E-state index is 9.00. The highest BCUT2D eigenvalue weighted by Gasteiger charge is 2.17. The lowest BCUT2D eigenvalue weighted by Crippen LogP contribution is -2.01. The van der Waals surface area contributed by atoms with Crippen molar-refractivity contribution in [1.82, 2.24) is 15.0 Å². The molecule has 0 N–H and O–H groups in total. The van der Waals surface area contributed by atoms with E-state index in [0.29, 0.717) is 28.6 Å². The molecular weight excluding hydrogens is 655 g/mol. The fraction of sp³-hybridized carbons (Fsp3) is 0. The average Bonchev–Trinajstić information content (AvgIpc) is 3.31. The number of hydrogen-bond donors (Lipinski definition) is 0. The second kappa shape index (κ2) is 13.4. The molecule has 1 aromatic heterocycles. The molecule has 0 radical (unpaired) electrons.